The maximum atomic E-state index is 5.33. The van der Waals surface area contributed by atoms with Crippen LogP contribution in [0.5, 0.6) is 0 Å². The molecule has 0 spiro atoms. The van der Waals surface area contributed by atoms with Crippen molar-refractivity contribution in [2.75, 3.05) is 0 Å². The molecule has 3 aromatic carbocycles. The third-order valence-electron chi connectivity index (χ3n) is 9.15. The smallest absolute Gasteiger partial charge is 0.159 e. The van der Waals surface area contributed by atoms with E-state index < -0.39 is 0 Å². The molecule has 8 rings (SSSR count). The number of benzene rings is 3. The maximum absolute atomic E-state index is 5.33. The average Bonchev–Trinajstić information content (AvgIpc) is 3.16. The normalized spacial score (nSPS) is 14.1. The number of rotatable bonds is 7. The summed E-state index contributed by atoms with van der Waals surface area (Å²) in [5.41, 5.74) is 12.3. The number of aromatic nitrogens is 4. The van der Waals surface area contributed by atoms with Gasteiger partial charge in [0.2, 0.25) is 0 Å². The van der Waals surface area contributed by atoms with Crippen molar-refractivity contribution in [1.29, 1.82) is 0 Å². The summed E-state index contributed by atoms with van der Waals surface area (Å²) in [5.74, 6) is 0.683. The van der Waals surface area contributed by atoms with Gasteiger partial charge in [-0.3, -0.25) is 9.98 Å². The lowest BCUT2D eigenvalue weighted by atomic mass is 9.89. The Balaban J connectivity index is 1.17. The van der Waals surface area contributed by atoms with Crippen LogP contribution in [0.25, 0.3) is 66.6 Å². The average molecular weight is 622 g/mol. The number of allylic oxidation sites excluding steroid dienone is 7. The molecule has 1 aliphatic heterocycles. The lowest BCUT2D eigenvalue weighted by Crippen LogP contribution is -2.01. The van der Waals surface area contributed by atoms with Crippen LogP contribution < -0.4 is 0 Å². The second-order valence-corrected chi connectivity index (χ2v) is 12.3. The summed E-state index contributed by atoms with van der Waals surface area (Å²) in [6.07, 6.45) is 23.6. The third kappa shape index (κ3) is 5.37. The predicted octanol–water partition coefficient (Wildman–Crippen LogP) is 10.9. The Labute approximate surface area is 280 Å². The minimum Gasteiger partial charge on any atom is -0.259 e. The fourth-order valence-corrected chi connectivity index (χ4v) is 6.80. The quantitative estimate of drug-likeness (QED) is 0.166. The van der Waals surface area contributed by atoms with Crippen LogP contribution in [-0.2, 0) is 6.42 Å². The highest BCUT2D eigenvalue weighted by Gasteiger charge is 2.20. The fourth-order valence-electron chi connectivity index (χ4n) is 6.80. The molecule has 0 radical (unpaired) electrons. The number of pyridine rings is 2. The molecular weight excluding hydrogens is 587 g/mol. The molecule has 0 saturated carbocycles. The van der Waals surface area contributed by atoms with E-state index >= 15 is 0 Å². The minimum absolute atomic E-state index is 0.683. The summed E-state index contributed by atoms with van der Waals surface area (Å²) >= 11 is 0. The highest BCUT2D eigenvalue weighted by molar-refractivity contribution is 6.06. The van der Waals surface area contributed by atoms with E-state index in [1.165, 1.54) is 16.5 Å². The molecule has 5 heteroatoms. The number of fused-ring (bicyclic) bond motifs is 4. The number of nitrogens with zero attached hydrogens (tertiary/aromatic N) is 5. The van der Waals surface area contributed by atoms with Crippen molar-refractivity contribution in [2.24, 2.45) is 4.99 Å². The summed E-state index contributed by atoms with van der Waals surface area (Å²) in [5, 5.41) is 3.37. The van der Waals surface area contributed by atoms with Crippen molar-refractivity contribution in [3.05, 3.63) is 139 Å². The monoisotopic (exact) mass is 621 g/mol. The maximum Gasteiger partial charge on any atom is 0.159 e. The van der Waals surface area contributed by atoms with Crippen molar-refractivity contribution < 1.29 is 0 Å². The van der Waals surface area contributed by atoms with E-state index in [0.29, 0.717) is 5.82 Å². The predicted molar refractivity (Wildman–Crippen MR) is 200 cm³/mol. The third-order valence-corrected chi connectivity index (χ3v) is 9.15. The molecule has 1 aliphatic carbocycles. The van der Waals surface area contributed by atoms with Gasteiger partial charge in [-0.15, -0.1) is 0 Å². The van der Waals surface area contributed by atoms with Gasteiger partial charge >= 0.3 is 0 Å². The molecule has 0 saturated heterocycles. The van der Waals surface area contributed by atoms with Crippen LogP contribution in [0.3, 0.4) is 0 Å². The van der Waals surface area contributed by atoms with Crippen molar-refractivity contribution >= 4 is 44.7 Å². The van der Waals surface area contributed by atoms with Gasteiger partial charge in [-0.1, -0.05) is 98.5 Å². The molecule has 232 valence electrons. The molecule has 2 aliphatic rings. The molecule has 0 amide bonds. The number of aliphatic imine (C=N–C) groups is 1. The van der Waals surface area contributed by atoms with Crippen molar-refractivity contribution in [3.63, 3.8) is 0 Å². The summed E-state index contributed by atoms with van der Waals surface area (Å²) in [7, 11) is 0. The van der Waals surface area contributed by atoms with Gasteiger partial charge in [0, 0.05) is 57.8 Å². The molecule has 6 aromatic rings. The minimum atomic E-state index is 0.683. The van der Waals surface area contributed by atoms with E-state index in [0.717, 1.165) is 98.9 Å². The Bertz CT molecular complexity index is 2320. The Hall–Kier alpha value is -5.81. The van der Waals surface area contributed by atoms with Gasteiger partial charge < -0.3 is 0 Å². The van der Waals surface area contributed by atoms with Gasteiger partial charge in [0.25, 0.3) is 0 Å². The summed E-state index contributed by atoms with van der Waals surface area (Å²) in [6.45, 7) is 6.59. The molecule has 48 heavy (non-hydrogen) atoms. The molecular formula is C43H35N5. The highest BCUT2D eigenvalue weighted by atomic mass is 14.9. The van der Waals surface area contributed by atoms with Gasteiger partial charge in [-0.05, 0) is 71.9 Å². The zero-order chi connectivity index (χ0) is 32.5. The summed E-state index contributed by atoms with van der Waals surface area (Å²) < 4.78 is 0. The van der Waals surface area contributed by atoms with Crippen LogP contribution in [0.1, 0.15) is 49.4 Å². The summed E-state index contributed by atoms with van der Waals surface area (Å²) in [6, 6.07) is 23.3. The van der Waals surface area contributed by atoms with Gasteiger partial charge in [0.05, 0.1) is 22.6 Å². The zero-order valence-electron chi connectivity index (χ0n) is 27.0. The lowest BCUT2D eigenvalue weighted by Gasteiger charge is -2.19. The first-order valence-electron chi connectivity index (χ1n) is 16.7. The summed E-state index contributed by atoms with van der Waals surface area (Å²) in [4.78, 5) is 24.3. The molecule has 0 atom stereocenters. The van der Waals surface area contributed by atoms with Crippen LogP contribution >= 0.6 is 0 Å². The molecule has 0 fully saturated rings. The molecule has 0 N–H and O–H groups in total. The molecule has 5 nitrogen and oxygen atoms in total. The molecule has 0 unspecified atom stereocenters. The lowest BCUT2D eigenvalue weighted by molar-refractivity contribution is 1.03. The van der Waals surface area contributed by atoms with E-state index in [1.807, 2.05) is 30.9 Å². The molecule has 0 bridgehead atoms. The second kappa shape index (κ2) is 12.8. The van der Waals surface area contributed by atoms with E-state index in [9.17, 15) is 0 Å². The standard InChI is InChI=1S/C43H35N5/c1-3-4-12-28(2)39-38(29-13-6-5-7-14-29)34-16-8-9-17-35(34)40(48-39)30-19-21-31(22-20-30)43-46-26-33(27-47-43)37-25-32-15-10-23-44-41(32)42-36(37)18-11-24-45-42/h4,6,8-10,12-17,19-27H,2-3,5,7,11,18H2,1H3/b12-4-. The van der Waals surface area contributed by atoms with Crippen LogP contribution in [-0.4, -0.2) is 26.2 Å². The number of hydrogen-bond acceptors (Lipinski definition) is 5. The van der Waals surface area contributed by atoms with E-state index in [1.54, 1.807) is 0 Å². The van der Waals surface area contributed by atoms with E-state index in [2.05, 4.69) is 110 Å². The van der Waals surface area contributed by atoms with E-state index in [4.69, 9.17) is 19.9 Å². The van der Waals surface area contributed by atoms with Crippen molar-refractivity contribution in [1.82, 2.24) is 19.9 Å². The Morgan fingerprint density at radius 2 is 1.67 bits per heavy atom. The largest absolute Gasteiger partial charge is 0.259 e. The van der Waals surface area contributed by atoms with Crippen LogP contribution in [0, 0.1) is 0 Å². The van der Waals surface area contributed by atoms with Crippen molar-refractivity contribution in [2.45, 2.75) is 39.0 Å². The van der Waals surface area contributed by atoms with Gasteiger partial charge in [0.1, 0.15) is 0 Å². The fraction of sp³-hybridized carbons (Fsp3) is 0.140. The Kier molecular flexibility index (Phi) is 7.87. The van der Waals surface area contributed by atoms with E-state index in [-0.39, 0.29) is 0 Å². The zero-order valence-corrected chi connectivity index (χ0v) is 27.0. The highest BCUT2D eigenvalue weighted by Crippen LogP contribution is 2.40. The molecule has 4 heterocycles. The second-order valence-electron chi connectivity index (χ2n) is 12.3. The number of hydrogen-bond donors (Lipinski definition) is 0. The SMILES string of the molecule is C=C(/C=C\CC)c1nc(-c2ccc(-c3ncc(-c4cc5cccnc5c5c4CCC=N5)cn3)cc2)c2ccccc2c1C1=CCCC=C1. The van der Waals surface area contributed by atoms with Crippen LogP contribution in [0.4, 0.5) is 5.69 Å². The van der Waals surface area contributed by atoms with Gasteiger partial charge in [-0.2, -0.15) is 0 Å². The van der Waals surface area contributed by atoms with Gasteiger partial charge in [0.15, 0.2) is 5.82 Å². The Morgan fingerprint density at radius 1 is 0.854 bits per heavy atom. The van der Waals surface area contributed by atoms with Crippen LogP contribution in [0.2, 0.25) is 0 Å². The first-order valence-corrected chi connectivity index (χ1v) is 16.7. The molecule has 3 aromatic heterocycles. The first-order chi connectivity index (χ1) is 23.7. The van der Waals surface area contributed by atoms with Crippen molar-refractivity contribution in [3.8, 4) is 33.8 Å². The first kappa shape index (κ1) is 29.6. The topological polar surface area (TPSA) is 63.9 Å². The Morgan fingerprint density at radius 3 is 2.46 bits per heavy atom. The van der Waals surface area contributed by atoms with Gasteiger partial charge in [-0.25, -0.2) is 15.0 Å². The van der Waals surface area contributed by atoms with Crippen LogP contribution in [0.15, 0.2) is 127 Å².